The van der Waals surface area contributed by atoms with Gasteiger partial charge in [0.05, 0.1) is 12.1 Å². The molecule has 2 aromatic carbocycles. The van der Waals surface area contributed by atoms with Gasteiger partial charge in [0, 0.05) is 59.6 Å². The van der Waals surface area contributed by atoms with Crippen molar-refractivity contribution in [2.24, 2.45) is 5.92 Å². The van der Waals surface area contributed by atoms with Crippen LogP contribution in [0.4, 0.5) is 0 Å². The van der Waals surface area contributed by atoms with Crippen molar-refractivity contribution in [1.82, 2.24) is 14.4 Å². The molecule has 186 valence electrons. The van der Waals surface area contributed by atoms with Gasteiger partial charge in [-0.05, 0) is 61.2 Å². The van der Waals surface area contributed by atoms with Crippen molar-refractivity contribution in [2.75, 3.05) is 19.6 Å². The van der Waals surface area contributed by atoms with Gasteiger partial charge in [0.15, 0.2) is 5.78 Å². The van der Waals surface area contributed by atoms with Gasteiger partial charge in [0.25, 0.3) is 5.91 Å². The van der Waals surface area contributed by atoms with Gasteiger partial charge in [-0.1, -0.05) is 40.7 Å². The van der Waals surface area contributed by atoms with Crippen LogP contribution < -0.4 is 0 Å². The number of rotatable bonds is 6. The van der Waals surface area contributed by atoms with Gasteiger partial charge in [-0.15, -0.1) is 0 Å². The van der Waals surface area contributed by atoms with E-state index < -0.39 is 0 Å². The Morgan fingerprint density at radius 1 is 1.11 bits per heavy atom. The fraction of sp³-hybridized carbons (Fsp3) is 0.345. The monoisotopic (exact) mass is 547 g/mol. The highest BCUT2D eigenvalue weighted by Crippen LogP contribution is 2.32. The fourth-order valence-corrected chi connectivity index (χ4v) is 5.99. The molecule has 3 heterocycles. The molecule has 0 unspecified atom stereocenters. The number of fused-ring (bicyclic) bond motifs is 2. The number of Topliss-reactive ketones (excluding diaryl/α,β-unsaturated/α-hetero) is 1. The Labute approximate surface area is 219 Å². The Bertz CT molecular complexity index is 1400. The molecule has 1 saturated heterocycles. The summed E-state index contributed by atoms with van der Waals surface area (Å²) < 4.78 is 2.87. The van der Waals surface area contributed by atoms with Crippen LogP contribution in [0.3, 0.4) is 0 Å². The van der Waals surface area contributed by atoms with Crippen LogP contribution in [0, 0.1) is 19.8 Å². The van der Waals surface area contributed by atoms with Crippen LogP contribution in [-0.4, -0.2) is 51.6 Å². The normalized spacial score (nSPS) is 15.5. The van der Waals surface area contributed by atoms with Gasteiger partial charge < -0.3 is 14.4 Å². The number of nitrogens with zero attached hydrogens (tertiary/aromatic N) is 3. The third kappa shape index (κ3) is 4.41. The molecule has 0 saturated carbocycles. The Balaban J connectivity index is 1.39. The highest BCUT2D eigenvalue weighted by molar-refractivity contribution is 9.10. The van der Waals surface area contributed by atoms with E-state index in [1.54, 1.807) is 4.90 Å². The summed E-state index contributed by atoms with van der Waals surface area (Å²) >= 11 is 3.56. The number of carbonyl (C=O) groups is 3. The van der Waals surface area contributed by atoms with Gasteiger partial charge in [0.1, 0.15) is 0 Å². The Kier molecular flexibility index (Phi) is 6.60. The summed E-state index contributed by atoms with van der Waals surface area (Å²) in [5.74, 6) is 0.201. The molecule has 0 N–H and O–H groups in total. The van der Waals surface area contributed by atoms with Crippen LogP contribution in [0.2, 0.25) is 0 Å². The van der Waals surface area contributed by atoms with Crippen molar-refractivity contribution in [2.45, 2.75) is 39.8 Å². The molecule has 5 rings (SSSR count). The average Bonchev–Trinajstić information content (AvgIpc) is 3.10. The zero-order valence-electron chi connectivity index (χ0n) is 20.7. The van der Waals surface area contributed by atoms with Crippen molar-refractivity contribution in [3.8, 4) is 0 Å². The topological polar surface area (TPSA) is 62.6 Å². The molecule has 36 heavy (non-hydrogen) atoms. The van der Waals surface area contributed by atoms with E-state index >= 15 is 0 Å². The molecule has 1 fully saturated rings. The largest absolute Gasteiger partial charge is 0.338 e. The van der Waals surface area contributed by atoms with Crippen LogP contribution in [0.5, 0.6) is 0 Å². The number of ketones is 1. The number of aryl methyl sites for hydroxylation is 1. The third-order valence-corrected chi connectivity index (χ3v) is 8.07. The fourth-order valence-electron chi connectivity index (χ4n) is 5.63. The summed E-state index contributed by atoms with van der Waals surface area (Å²) in [5, 5.41) is 0.862. The molecule has 0 bridgehead atoms. The molecule has 0 radical (unpaired) electrons. The average molecular weight is 548 g/mol. The maximum atomic E-state index is 13.9. The zero-order valence-corrected chi connectivity index (χ0v) is 22.3. The molecule has 0 aliphatic carbocycles. The molecule has 0 spiro atoms. The maximum Gasteiger partial charge on any atom is 0.256 e. The summed E-state index contributed by atoms with van der Waals surface area (Å²) in [7, 11) is 0. The number of halogens is 1. The molecule has 2 amide bonds. The molecule has 2 aliphatic rings. The first-order valence-corrected chi connectivity index (χ1v) is 13.1. The highest BCUT2D eigenvalue weighted by Gasteiger charge is 2.32. The highest BCUT2D eigenvalue weighted by atomic mass is 79.9. The summed E-state index contributed by atoms with van der Waals surface area (Å²) in [6.45, 7) is 10.2. The van der Waals surface area contributed by atoms with Crippen LogP contribution >= 0.6 is 15.9 Å². The number of aromatic nitrogens is 1. The van der Waals surface area contributed by atoms with E-state index in [1.807, 2.05) is 34.6 Å². The minimum Gasteiger partial charge on any atom is -0.338 e. The molecule has 7 heteroatoms. The van der Waals surface area contributed by atoms with Crippen molar-refractivity contribution in [3.63, 3.8) is 0 Å². The summed E-state index contributed by atoms with van der Waals surface area (Å²) in [4.78, 5) is 42.2. The van der Waals surface area contributed by atoms with Crippen molar-refractivity contribution >= 4 is 44.4 Å². The Morgan fingerprint density at radius 2 is 1.89 bits per heavy atom. The van der Waals surface area contributed by atoms with Gasteiger partial charge in [-0.25, -0.2) is 0 Å². The second-order valence-corrected chi connectivity index (χ2v) is 10.9. The minimum absolute atomic E-state index is 0.00604. The first-order chi connectivity index (χ1) is 17.3. The zero-order chi connectivity index (χ0) is 25.6. The van der Waals surface area contributed by atoms with Gasteiger partial charge in [0.2, 0.25) is 5.91 Å². The molecular weight excluding hydrogens is 518 g/mol. The van der Waals surface area contributed by atoms with E-state index in [2.05, 4.69) is 47.6 Å². The van der Waals surface area contributed by atoms with Crippen LogP contribution in [0.1, 0.15) is 39.2 Å². The molecule has 3 aromatic rings. The number of carbonyl (C=O) groups excluding carboxylic acids is 3. The quantitative estimate of drug-likeness (QED) is 0.415. The molecular formula is C29H30BrN3O3. The molecule has 0 atom stereocenters. The maximum absolute atomic E-state index is 13.9. The SMILES string of the molecule is C=CC(=O)N1CC(CC(=O)Cn2c(C)c(C(=O)N3CCc4c(C)cccc4C3)c3cc(Br)ccc32)C1. The Hall–Kier alpha value is -3.19. The smallest absolute Gasteiger partial charge is 0.256 e. The Morgan fingerprint density at radius 3 is 2.64 bits per heavy atom. The van der Waals surface area contributed by atoms with E-state index in [0.29, 0.717) is 38.2 Å². The van der Waals surface area contributed by atoms with E-state index in [9.17, 15) is 14.4 Å². The standard InChI is InChI=1S/C29H30BrN3O3/c1-4-27(35)32-14-20(15-32)12-23(34)17-33-19(3)28(25-13-22(30)8-9-26(25)33)29(36)31-11-10-24-18(2)6-5-7-21(24)16-31/h4-9,13,20H,1,10-12,14-17H2,2-3H3. The van der Waals surface area contributed by atoms with Crippen LogP contribution in [0.25, 0.3) is 10.9 Å². The summed E-state index contributed by atoms with van der Waals surface area (Å²) in [6.07, 6.45) is 2.58. The number of amides is 2. The van der Waals surface area contributed by atoms with Crippen molar-refractivity contribution < 1.29 is 14.4 Å². The molecule has 6 nitrogen and oxygen atoms in total. The number of likely N-dealkylation sites (tertiary alicyclic amines) is 1. The van der Waals surface area contributed by atoms with Crippen molar-refractivity contribution in [3.05, 3.63) is 81.5 Å². The predicted molar refractivity (Wildman–Crippen MR) is 144 cm³/mol. The van der Waals surface area contributed by atoms with E-state index in [0.717, 1.165) is 27.5 Å². The van der Waals surface area contributed by atoms with E-state index in [-0.39, 0.29) is 30.1 Å². The lowest BCUT2D eigenvalue weighted by atomic mass is 9.94. The van der Waals surface area contributed by atoms with Crippen LogP contribution in [0.15, 0.2) is 53.5 Å². The number of benzene rings is 2. The predicted octanol–water partition coefficient (Wildman–Crippen LogP) is 4.82. The minimum atomic E-state index is -0.0878. The summed E-state index contributed by atoms with van der Waals surface area (Å²) in [6, 6.07) is 12.2. The first-order valence-electron chi connectivity index (χ1n) is 12.3. The van der Waals surface area contributed by atoms with Gasteiger partial charge >= 0.3 is 0 Å². The second-order valence-electron chi connectivity index (χ2n) is 9.95. The van der Waals surface area contributed by atoms with Crippen LogP contribution in [-0.2, 0) is 29.1 Å². The number of hydrogen-bond acceptors (Lipinski definition) is 3. The lowest BCUT2D eigenvalue weighted by molar-refractivity contribution is -0.134. The summed E-state index contributed by atoms with van der Waals surface area (Å²) in [5.41, 5.74) is 6.20. The number of hydrogen-bond donors (Lipinski definition) is 0. The third-order valence-electron chi connectivity index (χ3n) is 7.58. The lowest BCUT2D eigenvalue weighted by Gasteiger charge is -2.38. The lowest BCUT2D eigenvalue weighted by Crippen LogP contribution is -2.50. The van der Waals surface area contributed by atoms with Crippen molar-refractivity contribution in [1.29, 1.82) is 0 Å². The molecule has 2 aliphatic heterocycles. The van der Waals surface area contributed by atoms with Gasteiger partial charge in [-0.2, -0.15) is 0 Å². The first kappa shape index (κ1) is 24.5. The van der Waals surface area contributed by atoms with E-state index in [4.69, 9.17) is 0 Å². The van der Waals surface area contributed by atoms with E-state index in [1.165, 1.54) is 22.8 Å². The second kappa shape index (κ2) is 9.69. The van der Waals surface area contributed by atoms with Gasteiger partial charge in [-0.3, -0.25) is 14.4 Å². The molecule has 1 aromatic heterocycles.